The molecular formula is C14H16O6S. The van der Waals surface area contributed by atoms with E-state index in [4.69, 9.17) is 10.2 Å². The molecule has 1 aromatic rings. The van der Waals surface area contributed by atoms with Crippen molar-refractivity contribution in [1.82, 2.24) is 0 Å². The number of carbonyl (C=O) groups is 3. The van der Waals surface area contributed by atoms with E-state index in [1.807, 2.05) is 18.4 Å². The standard InChI is InChI=1S/C14H16O6S/c1-14(2,8-4-6-9(21-3)7-5-8)13(19)20-10(11(15)16)12(17)18/h4-7,10H,1-3H3,(H,15,16)(H,17,18). The number of rotatable bonds is 6. The molecule has 0 unspecified atom stereocenters. The highest BCUT2D eigenvalue weighted by Crippen LogP contribution is 2.27. The lowest BCUT2D eigenvalue weighted by molar-refractivity contribution is -0.177. The second kappa shape index (κ2) is 6.62. The number of carbonyl (C=O) groups excluding carboxylic acids is 1. The molecule has 0 bridgehead atoms. The summed E-state index contributed by atoms with van der Waals surface area (Å²) >= 11 is 1.54. The van der Waals surface area contributed by atoms with Crippen molar-refractivity contribution in [2.45, 2.75) is 30.3 Å². The molecule has 0 aliphatic heterocycles. The Hall–Kier alpha value is -2.02. The average molecular weight is 312 g/mol. The van der Waals surface area contributed by atoms with Crippen molar-refractivity contribution in [2.75, 3.05) is 6.26 Å². The Morgan fingerprint density at radius 1 is 1.10 bits per heavy atom. The average Bonchev–Trinajstić information content (AvgIpc) is 2.43. The smallest absolute Gasteiger partial charge is 0.356 e. The Balaban J connectivity index is 2.97. The van der Waals surface area contributed by atoms with Crippen LogP contribution in [0.3, 0.4) is 0 Å². The van der Waals surface area contributed by atoms with E-state index < -0.39 is 29.4 Å². The third kappa shape index (κ3) is 3.98. The number of carboxylic acid groups (broad SMARTS) is 2. The molecule has 0 fully saturated rings. The molecule has 2 N–H and O–H groups in total. The topological polar surface area (TPSA) is 101 Å². The zero-order chi connectivity index (χ0) is 16.2. The number of esters is 1. The van der Waals surface area contributed by atoms with Gasteiger partial charge in [0.05, 0.1) is 5.41 Å². The maximum Gasteiger partial charge on any atom is 0.356 e. The summed E-state index contributed by atoms with van der Waals surface area (Å²) in [4.78, 5) is 34.6. The lowest BCUT2D eigenvalue weighted by Crippen LogP contribution is -2.40. The minimum absolute atomic E-state index is 0.611. The van der Waals surface area contributed by atoms with E-state index in [0.29, 0.717) is 5.56 Å². The maximum absolute atomic E-state index is 12.1. The molecule has 6 nitrogen and oxygen atoms in total. The largest absolute Gasteiger partial charge is 0.478 e. The van der Waals surface area contributed by atoms with Crippen LogP contribution in [0.4, 0.5) is 0 Å². The highest BCUT2D eigenvalue weighted by Gasteiger charge is 2.38. The van der Waals surface area contributed by atoms with Gasteiger partial charge in [0.2, 0.25) is 0 Å². The lowest BCUT2D eigenvalue weighted by Gasteiger charge is -2.24. The van der Waals surface area contributed by atoms with Gasteiger partial charge < -0.3 is 14.9 Å². The van der Waals surface area contributed by atoms with Gasteiger partial charge in [0, 0.05) is 4.90 Å². The van der Waals surface area contributed by atoms with E-state index >= 15 is 0 Å². The number of benzene rings is 1. The predicted octanol–water partition coefficient (Wildman–Crippen LogP) is 1.77. The van der Waals surface area contributed by atoms with Gasteiger partial charge >= 0.3 is 17.9 Å². The second-order valence-electron chi connectivity index (χ2n) is 4.82. The van der Waals surface area contributed by atoms with Gasteiger partial charge in [0.15, 0.2) is 0 Å². The third-order valence-corrected chi connectivity index (χ3v) is 3.74. The first kappa shape index (κ1) is 17.0. The number of aliphatic carboxylic acids is 2. The van der Waals surface area contributed by atoms with Crippen LogP contribution in [0, 0.1) is 0 Å². The number of ether oxygens (including phenoxy) is 1. The number of carboxylic acids is 2. The molecule has 1 rings (SSSR count). The Kier molecular flexibility index (Phi) is 5.37. The number of thioether (sulfide) groups is 1. The molecule has 114 valence electrons. The van der Waals surface area contributed by atoms with Gasteiger partial charge in [0.25, 0.3) is 6.10 Å². The first-order valence-electron chi connectivity index (χ1n) is 6.01. The molecule has 0 heterocycles. The van der Waals surface area contributed by atoms with Crippen molar-refractivity contribution in [1.29, 1.82) is 0 Å². The van der Waals surface area contributed by atoms with Crippen LogP contribution in [0.1, 0.15) is 19.4 Å². The van der Waals surface area contributed by atoms with Gasteiger partial charge in [-0.1, -0.05) is 12.1 Å². The van der Waals surface area contributed by atoms with Crippen LogP contribution >= 0.6 is 11.8 Å². The quantitative estimate of drug-likeness (QED) is 0.469. The van der Waals surface area contributed by atoms with E-state index in [2.05, 4.69) is 4.74 Å². The molecule has 7 heteroatoms. The molecule has 21 heavy (non-hydrogen) atoms. The van der Waals surface area contributed by atoms with Gasteiger partial charge in [-0.3, -0.25) is 4.79 Å². The molecule has 0 aliphatic carbocycles. The molecule has 0 aliphatic rings. The summed E-state index contributed by atoms with van der Waals surface area (Å²) in [6.07, 6.45) is -0.291. The summed E-state index contributed by atoms with van der Waals surface area (Å²) in [5.41, 5.74) is -0.542. The second-order valence-corrected chi connectivity index (χ2v) is 5.69. The van der Waals surface area contributed by atoms with Crippen LogP contribution in [0.15, 0.2) is 29.2 Å². The number of hydrogen-bond acceptors (Lipinski definition) is 5. The summed E-state index contributed by atoms with van der Waals surface area (Å²) in [6, 6.07) is 7.09. The van der Waals surface area contributed by atoms with Crippen LogP contribution in [0.5, 0.6) is 0 Å². The summed E-state index contributed by atoms with van der Waals surface area (Å²) in [6.45, 7) is 3.09. The zero-order valence-corrected chi connectivity index (χ0v) is 12.6. The van der Waals surface area contributed by atoms with Gasteiger partial charge in [0.1, 0.15) is 0 Å². The zero-order valence-electron chi connectivity index (χ0n) is 11.8. The monoisotopic (exact) mass is 312 g/mol. The highest BCUT2D eigenvalue weighted by molar-refractivity contribution is 7.98. The number of hydrogen-bond donors (Lipinski definition) is 2. The Morgan fingerprint density at radius 3 is 1.95 bits per heavy atom. The molecule has 0 atom stereocenters. The van der Waals surface area contributed by atoms with E-state index in [1.165, 1.54) is 0 Å². The molecular weight excluding hydrogens is 296 g/mol. The van der Waals surface area contributed by atoms with Crippen LogP contribution in [0.2, 0.25) is 0 Å². The molecule has 0 spiro atoms. The van der Waals surface area contributed by atoms with Gasteiger partial charge in [-0.05, 0) is 37.8 Å². The van der Waals surface area contributed by atoms with Crippen molar-refractivity contribution < 1.29 is 29.3 Å². The Morgan fingerprint density at radius 2 is 1.57 bits per heavy atom. The fraction of sp³-hybridized carbons (Fsp3) is 0.357. The van der Waals surface area contributed by atoms with Crippen molar-refractivity contribution in [3.63, 3.8) is 0 Å². The minimum atomic E-state index is -2.21. The Bertz CT molecular complexity index is 535. The summed E-state index contributed by atoms with van der Waals surface area (Å²) in [5, 5.41) is 17.5. The van der Waals surface area contributed by atoms with Gasteiger partial charge in [-0.25, -0.2) is 9.59 Å². The van der Waals surface area contributed by atoms with Gasteiger partial charge in [-0.15, -0.1) is 11.8 Å². The van der Waals surface area contributed by atoms with Gasteiger partial charge in [-0.2, -0.15) is 0 Å². The fourth-order valence-corrected chi connectivity index (χ4v) is 1.99. The van der Waals surface area contributed by atoms with E-state index in [0.717, 1.165) is 4.90 Å². The fourth-order valence-electron chi connectivity index (χ4n) is 1.59. The van der Waals surface area contributed by atoms with Crippen molar-refractivity contribution in [2.24, 2.45) is 0 Å². The van der Waals surface area contributed by atoms with E-state index in [1.54, 1.807) is 37.7 Å². The van der Waals surface area contributed by atoms with Crippen molar-refractivity contribution in [3.8, 4) is 0 Å². The van der Waals surface area contributed by atoms with Crippen LogP contribution in [-0.4, -0.2) is 40.5 Å². The molecule has 0 radical (unpaired) electrons. The minimum Gasteiger partial charge on any atom is -0.478 e. The third-order valence-electron chi connectivity index (χ3n) is 3.00. The summed E-state index contributed by atoms with van der Waals surface area (Å²) < 4.78 is 4.61. The van der Waals surface area contributed by atoms with Crippen molar-refractivity contribution in [3.05, 3.63) is 29.8 Å². The maximum atomic E-state index is 12.1. The SMILES string of the molecule is CSc1ccc(C(C)(C)C(=O)OC(C(=O)O)C(=O)O)cc1. The van der Waals surface area contributed by atoms with Crippen LogP contribution in [0.25, 0.3) is 0 Å². The summed E-state index contributed by atoms with van der Waals surface area (Å²) in [5.74, 6) is -4.34. The summed E-state index contributed by atoms with van der Waals surface area (Å²) in [7, 11) is 0. The lowest BCUT2D eigenvalue weighted by atomic mass is 9.85. The van der Waals surface area contributed by atoms with Crippen LogP contribution < -0.4 is 0 Å². The molecule has 0 saturated carbocycles. The molecule has 0 saturated heterocycles. The Labute approximate surface area is 126 Å². The highest BCUT2D eigenvalue weighted by atomic mass is 32.2. The van der Waals surface area contributed by atoms with Crippen LogP contribution in [-0.2, 0) is 24.5 Å². The molecule has 1 aromatic carbocycles. The predicted molar refractivity (Wildman–Crippen MR) is 76.4 cm³/mol. The molecule has 0 amide bonds. The first-order chi connectivity index (χ1) is 9.70. The van der Waals surface area contributed by atoms with E-state index in [-0.39, 0.29) is 0 Å². The van der Waals surface area contributed by atoms with E-state index in [9.17, 15) is 14.4 Å². The normalized spacial score (nSPS) is 11.2. The molecule has 0 aromatic heterocycles. The first-order valence-corrected chi connectivity index (χ1v) is 7.24. The van der Waals surface area contributed by atoms with Crippen molar-refractivity contribution >= 4 is 29.7 Å².